The van der Waals surface area contributed by atoms with Crippen LogP contribution in [-0.4, -0.2) is 35.4 Å². The molecule has 0 aromatic heterocycles. The Labute approximate surface area is 171 Å². The van der Waals surface area contributed by atoms with Gasteiger partial charge in [0.05, 0.1) is 11.8 Å². The summed E-state index contributed by atoms with van der Waals surface area (Å²) in [5.74, 6) is 0.408. The fourth-order valence-corrected chi connectivity index (χ4v) is 3.65. The van der Waals surface area contributed by atoms with Crippen molar-refractivity contribution in [3.05, 3.63) is 82.9 Å². The Kier molecular flexibility index (Phi) is 4.44. The SMILES string of the molecule is CS(=O)(=O)O.O=C1OC2(c3ccc(O)cc3Oc3cc(O)ccc32)c2ccccc21. The van der Waals surface area contributed by atoms with E-state index in [2.05, 4.69) is 0 Å². The van der Waals surface area contributed by atoms with Gasteiger partial charge in [-0.2, -0.15) is 8.42 Å². The molecule has 8 nitrogen and oxygen atoms in total. The molecule has 30 heavy (non-hydrogen) atoms. The van der Waals surface area contributed by atoms with E-state index in [4.69, 9.17) is 14.0 Å². The van der Waals surface area contributed by atoms with Crippen LogP contribution in [0, 0.1) is 0 Å². The molecule has 154 valence electrons. The largest absolute Gasteiger partial charge is 0.508 e. The molecule has 5 rings (SSSR count). The van der Waals surface area contributed by atoms with Crippen molar-refractivity contribution in [3.8, 4) is 23.0 Å². The number of aromatic hydroxyl groups is 2. The summed E-state index contributed by atoms with van der Waals surface area (Å²) in [4.78, 5) is 12.5. The molecule has 0 saturated carbocycles. The first-order chi connectivity index (χ1) is 14.1. The molecule has 3 aromatic carbocycles. The summed E-state index contributed by atoms with van der Waals surface area (Å²) < 4.78 is 37.6. The van der Waals surface area contributed by atoms with Gasteiger partial charge in [-0.25, -0.2) is 4.79 Å². The van der Waals surface area contributed by atoms with Gasteiger partial charge in [-0.05, 0) is 30.3 Å². The van der Waals surface area contributed by atoms with E-state index in [1.807, 2.05) is 12.1 Å². The minimum Gasteiger partial charge on any atom is -0.508 e. The van der Waals surface area contributed by atoms with E-state index < -0.39 is 21.7 Å². The van der Waals surface area contributed by atoms with Crippen molar-refractivity contribution in [2.24, 2.45) is 0 Å². The molecule has 0 radical (unpaired) electrons. The maximum absolute atomic E-state index is 12.5. The maximum atomic E-state index is 12.5. The molecule has 0 aliphatic carbocycles. The quantitative estimate of drug-likeness (QED) is 0.368. The summed E-state index contributed by atoms with van der Waals surface area (Å²) in [7, 11) is -3.67. The van der Waals surface area contributed by atoms with Gasteiger partial charge in [-0.1, -0.05) is 18.2 Å². The van der Waals surface area contributed by atoms with Crippen molar-refractivity contribution in [2.75, 3.05) is 6.26 Å². The number of hydrogen-bond acceptors (Lipinski definition) is 7. The number of esters is 1. The zero-order valence-electron chi connectivity index (χ0n) is 15.6. The average Bonchev–Trinajstić information content (AvgIpc) is 2.94. The zero-order chi connectivity index (χ0) is 21.7. The smallest absolute Gasteiger partial charge is 0.340 e. The van der Waals surface area contributed by atoms with E-state index >= 15 is 0 Å². The lowest BCUT2D eigenvalue weighted by atomic mass is 9.77. The number of ether oxygens (including phenoxy) is 2. The van der Waals surface area contributed by atoms with Gasteiger partial charge in [-0.3, -0.25) is 4.55 Å². The van der Waals surface area contributed by atoms with Crippen LogP contribution in [0.1, 0.15) is 27.0 Å². The van der Waals surface area contributed by atoms with Gasteiger partial charge >= 0.3 is 5.97 Å². The lowest BCUT2D eigenvalue weighted by Gasteiger charge is -2.36. The lowest BCUT2D eigenvalue weighted by molar-refractivity contribution is 0.0224. The van der Waals surface area contributed by atoms with E-state index in [1.165, 1.54) is 24.3 Å². The minimum absolute atomic E-state index is 0.0371. The van der Waals surface area contributed by atoms with Gasteiger partial charge in [0.15, 0.2) is 5.60 Å². The van der Waals surface area contributed by atoms with Crippen molar-refractivity contribution in [1.29, 1.82) is 0 Å². The molecule has 2 aliphatic rings. The number of phenolic OH excluding ortho intramolecular Hbond substituents is 2. The molecule has 0 bridgehead atoms. The van der Waals surface area contributed by atoms with Crippen LogP contribution in [0.15, 0.2) is 60.7 Å². The highest BCUT2D eigenvalue weighted by Gasteiger charge is 2.53. The fraction of sp³-hybridized carbons (Fsp3) is 0.0952. The lowest BCUT2D eigenvalue weighted by Crippen LogP contribution is -2.32. The molecule has 0 amide bonds. The molecule has 0 fully saturated rings. The summed E-state index contributed by atoms with van der Waals surface area (Å²) in [5, 5.41) is 19.7. The molecule has 2 aliphatic heterocycles. The Morgan fingerprint density at radius 1 is 0.833 bits per heavy atom. The molecular weight excluding hydrogens is 412 g/mol. The van der Waals surface area contributed by atoms with Crippen molar-refractivity contribution in [2.45, 2.75) is 5.60 Å². The number of carbonyl (C=O) groups excluding carboxylic acids is 1. The van der Waals surface area contributed by atoms with E-state index in [1.54, 1.807) is 24.3 Å². The maximum Gasteiger partial charge on any atom is 0.340 e. The van der Waals surface area contributed by atoms with Crippen LogP contribution < -0.4 is 4.74 Å². The number of rotatable bonds is 0. The second-order valence-corrected chi connectivity index (χ2v) is 8.28. The van der Waals surface area contributed by atoms with Crippen LogP contribution in [0.4, 0.5) is 0 Å². The standard InChI is InChI=1S/C20H12O5.CH4O3S/c21-11-5-7-15-17(9-11)24-18-10-12(22)6-8-16(18)20(15)14-4-2-1-3-13(14)19(23)25-20;1-5(2,3)4/h1-10,21-22H;1H3,(H,2,3,4). The van der Waals surface area contributed by atoms with E-state index in [-0.39, 0.29) is 11.5 Å². The van der Waals surface area contributed by atoms with Crippen LogP contribution in [0.3, 0.4) is 0 Å². The summed E-state index contributed by atoms with van der Waals surface area (Å²) in [6.07, 6.45) is 0.715. The van der Waals surface area contributed by atoms with Gasteiger partial charge in [0, 0.05) is 28.8 Å². The first-order valence-corrected chi connectivity index (χ1v) is 10.5. The molecule has 2 heterocycles. The average molecular weight is 428 g/mol. The number of hydrogen-bond donors (Lipinski definition) is 3. The number of benzene rings is 3. The summed E-state index contributed by atoms with van der Waals surface area (Å²) in [6, 6.07) is 16.6. The zero-order valence-corrected chi connectivity index (χ0v) is 16.4. The van der Waals surface area contributed by atoms with Gasteiger partial charge in [0.2, 0.25) is 0 Å². The van der Waals surface area contributed by atoms with Gasteiger partial charge < -0.3 is 19.7 Å². The molecule has 9 heteroatoms. The normalized spacial score (nSPS) is 15.1. The van der Waals surface area contributed by atoms with Crippen LogP contribution >= 0.6 is 0 Å². The highest BCUT2D eigenvalue weighted by Crippen LogP contribution is 2.56. The number of fused-ring (bicyclic) bond motifs is 6. The van der Waals surface area contributed by atoms with Crippen molar-refractivity contribution in [1.82, 2.24) is 0 Å². The monoisotopic (exact) mass is 428 g/mol. The first kappa shape index (κ1) is 19.7. The van der Waals surface area contributed by atoms with Crippen LogP contribution in [0.25, 0.3) is 0 Å². The predicted molar refractivity (Wildman–Crippen MR) is 105 cm³/mol. The van der Waals surface area contributed by atoms with Crippen molar-refractivity contribution < 1.29 is 37.5 Å². The van der Waals surface area contributed by atoms with Crippen LogP contribution in [0.5, 0.6) is 23.0 Å². The molecule has 0 unspecified atom stereocenters. The topological polar surface area (TPSA) is 130 Å². The third kappa shape index (κ3) is 3.23. The Hall–Kier alpha value is -3.56. The summed E-state index contributed by atoms with van der Waals surface area (Å²) >= 11 is 0. The highest BCUT2D eigenvalue weighted by molar-refractivity contribution is 7.85. The molecule has 3 aromatic rings. The van der Waals surface area contributed by atoms with Gasteiger partial charge in [-0.15, -0.1) is 0 Å². The second kappa shape index (κ2) is 6.75. The molecule has 1 spiro atoms. The minimum atomic E-state index is -3.67. The van der Waals surface area contributed by atoms with Crippen LogP contribution in [-0.2, 0) is 20.5 Å². The fourth-order valence-electron chi connectivity index (χ4n) is 3.65. The van der Waals surface area contributed by atoms with Gasteiger partial charge in [0.1, 0.15) is 23.0 Å². The van der Waals surface area contributed by atoms with Gasteiger partial charge in [0.25, 0.3) is 10.1 Å². The van der Waals surface area contributed by atoms with E-state index in [0.29, 0.717) is 40.0 Å². The number of carbonyl (C=O) groups is 1. The molecular formula is C21H16O8S. The highest BCUT2D eigenvalue weighted by atomic mass is 32.2. The van der Waals surface area contributed by atoms with Crippen molar-refractivity contribution in [3.63, 3.8) is 0 Å². The summed E-state index contributed by atoms with van der Waals surface area (Å²) in [5.41, 5.74) is 1.28. The Balaban J connectivity index is 0.000000393. The predicted octanol–water partition coefficient (Wildman–Crippen LogP) is 3.17. The number of phenols is 2. The van der Waals surface area contributed by atoms with Crippen LogP contribution in [0.2, 0.25) is 0 Å². The third-order valence-electron chi connectivity index (χ3n) is 4.68. The first-order valence-electron chi connectivity index (χ1n) is 8.70. The van der Waals surface area contributed by atoms with Crippen molar-refractivity contribution >= 4 is 16.1 Å². The van der Waals surface area contributed by atoms with E-state index in [9.17, 15) is 23.4 Å². The van der Waals surface area contributed by atoms with E-state index in [0.717, 1.165) is 0 Å². The Bertz CT molecular complexity index is 1220. The molecule has 3 N–H and O–H groups in total. The third-order valence-corrected chi connectivity index (χ3v) is 4.68. The summed E-state index contributed by atoms with van der Waals surface area (Å²) in [6.45, 7) is 0. The second-order valence-electron chi connectivity index (χ2n) is 6.81. The molecule has 0 atom stereocenters. The Morgan fingerprint density at radius 3 is 1.87 bits per heavy atom. The Morgan fingerprint density at radius 2 is 1.33 bits per heavy atom. The molecule has 0 saturated heterocycles.